The largest absolute Gasteiger partial charge is 0.273 e. The molecular formula is C14H8F3N3OS. The SMILES string of the molecule is O=C(NNc1nc2c(F)cc(F)cc2s1)c1ccc(F)cc1. The van der Waals surface area contributed by atoms with Crippen molar-refractivity contribution in [2.75, 3.05) is 5.43 Å². The number of nitrogens with zero attached hydrogens (tertiary/aromatic N) is 1. The molecule has 3 rings (SSSR count). The zero-order chi connectivity index (χ0) is 15.7. The van der Waals surface area contributed by atoms with Crippen molar-refractivity contribution >= 4 is 32.6 Å². The lowest BCUT2D eigenvalue weighted by molar-refractivity contribution is 0.0962. The lowest BCUT2D eigenvalue weighted by atomic mass is 10.2. The van der Waals surface area contributed by atoms with E-state index in [9.17, 15) is 18.0 Å². The summed E-state index contributed by atoms with van der Waals surface area (Å²) in [6, 6.07) is 6.85. The third-order valence-electron chi connectivity index (χ3n) is 2.80. The molecule has 4 nitrogen and oxygen atoms in total. The molecule has 0 saturated heterocycles. The molecule has 112 valence electrons. The maximum Gasteiger partial charge on any atom is 0.269 e. The Morgan fingerprint density at radius 2 is 1.77 bits per heavy atom. The molecule has 0 unspecified atom stereocenters. The molecule has 2 N–H and O–H groups in total. The smallest absolute Gasteiger partial charge is 0.269 e. The second-order valence-corrected chi connectivity index (χ2v) is 5.37. The van der Waals surface area contributed by atoms with Crippen LogP contribution in [0.3, 0.4) is 0 Å². The minimum atomic E-state index is -0.774. The molecule has 0 aliphatic carbocycles. The Bertz CT molecular complexity index is 848. The van der Waals surface area contributed by atoms with E-state index in [0.29, 0.717) is 4.70 Å². The van der Waals surface area contributed by atoms with Crippen LogP contribution in [0.15, 0.2) is 36.4 Å². The summed E-state index contributed by atoms with van der Waals surface area (Å²) in [5.41, 5.74) is 5.13. The van der Waals surface area contributed by atoms with Crippen LogP contribution in [0.1, 0.15) is 10.4 Å². The quantitative estimate of drug-likeness (QED) is 0.726. The number of fused-ring (bicyclic) bond motifs is 1. The molecule has 3 aromatic rings. The van der Waals surface area contributed by atoms with E-state index < -0.39 is 23.4 Å². The van der Waals surface area contributed by atoms with Crippen LogP contribution in [-0.4, -0.2) is 10.9 Å². The van der Waals surface area contributed by atoms with Crippen molar-refractivity contribution in [1.29, 1.82) is 0 Å². The van der Waals surface area contributed by atoms with Crippen LogP contribution in [0.25, 0.3) is 10.2 Å². The van der Waals surface area contributed by atoms with Gasteiger partial charge in [-0.25, -0.2) is 18.2 Å². The lowest BCUT2D eigenvalue weighted by Gasteiger charge is -2.05. The number of carbonyl (C=O) groups is 1. The van der Waals surface area contributed by atoms with Crippen LogP contribution in [0, 0.1) is 17.5 Å². The van der Waals surface area contributed by atoms with Gasteiger partial charge in [-0.3, -0.25) is 15.6 Å². The molecule has 1 amide bonds. The van der Waals surface area contributed by atoms with Crippen molar-refractivity contribution in [3.8, 4) is 0 Å². The minimum Gasteiger partial charge on any atom is -0.273 e. The van der Waals surface area contributed by atoms with E-state index in [0.717, 1.165) is 35.6 Å². The predicted molar refractivity (Wildman–Crippen MR) is 77.0 cm³/mol. The zero-order valence-electron chi connectivity index (χ0n) is 10.9. The van der Waals surface area contributed by atoms with Crippen molar-refractivity contribution in [1.82, 2.24) is 10.4 Å². The highest BCUT2D eigenvalue weighted by atomic mass is 32.1. The molecule has 1 heterocycles. The molecule has 0 radical (unpaired) electrons. The number of benzene rings is 2. The normalized spacial score (nSPS) is 10.7. The summed E-state index contributed by atoms with van der Waals surface area (Å²) in [4.78, 5) is 15.7. The van der Waals surface area contributed by atoms with E-state index in [-0.39, 0.29) is 16.2 Å². The van der Waals surface area contributed by atoms with Gasteiger partial charge in [0.05, 0.1) is 4.70 Å². The van der Waals surface area contributed by atoms with E-state index in [1.165, 1.54) is 12.1 Å². The van der Waals surface area contributed by atoms with Gasteiger partial charge in [-0.2, -0.15) is 0 Å². The molecule has 0 saturated carbocycles. The molecule has 22 heavy (non-hydrogen) atoms. The number of aromatic nitrogens is 1. The fourth-order valence-electron chi connectivity index (χ4n) is 1.79. The summed E-state index contributed by atoms with van der Waals surface area (Å²) in [5.74, 6) is -2.43. The number of anilines is 1. The van der Waals surface area contributed by atoms with Crippen molar-refractivity contribution in [2.45, 2.75) is 0 Å². The molecule has 2 aromatic carbocycles. The second-order valence-electron chi connectivity index (χ2n) is 4.34. The van der Waals surface area contributed by atoms with Crippen molar-refractivity contribution in [3.63, 3.8) is 0 Å². The van der Waals surface area contributed by atoms with Crippen molar-refractivity contribution in [2.24, 2.45) is 0 Å². The van der Waals surface area contributed by atoms with Gasteiger partial charge in [-0.15, -0.1) is 0 Å². The van der Waals surface area contributed by atoms with E-state index in [1.807, 2.05) is 0 Å². The van der Waals surface area contributed by atoms with Gasteiger partial charge >= 0.3 is 0 Å². The van der Waals surface area contributed by atoms with Gasteiger partial charge in [0.1, 0.15) is 17.2 Å². The van der Waals surface area contributed by atoms with Gasteiger partial charge in [0.25, 0.3) is 5.91 Å². The number of hydrazine groups is 1. The van der Waals surface area contributed by atoms with Crippen LogP contribution in [-0.2, 0) is 0 Å². The standard InChI is InChI=1S/C14H8F3N3OS/c15-8-3-1-7(2-4-8)13(21)19-20-14-18-12-10(17)5-9(16)6-11(12)22-14/h1-6H,(H,18,20)(H,19,21). The van der Waals surface area contributed by atoms with Crippen LogP contribution in [0.2, 0.25) is 0 Å². The first kappa shape index (κ1) is 14.3. The van der Waals surface area contributed by atoms with Crippen molar-refractivity contribution in [3.05, 3.63) is 59.4 Å². The third-order valence-corrected chi connectivity index (χ3v) is 3.72. The molecule has 8 heteroatoms. The molecule has 0 atom stereocenters. The second kappa shape index (κ2) is 5.64. The van der Waals surface area contributed by atoms with Gasteiger partial charge in [-0.1, -0.05) is 11.3 Å². The van der Waals surface area contributed by atoms with E-state index >= 15 is 0 Å². The first-order valence-corrected chi connectivity index (χ1v) is 6.92. The van der Waals surface area contributed by atoms with Crippen LogP contribution >= 0.6 is 11.3 Å². The number of thiazole rings is 1. The third kappa shape index (κ3) is 2.86. The average Bonchev–Trinajstić information content (AvgIpc) is 2.89. The van der Waals surface area contributed by atoms with E-state index in [1.54, 1.807) is 0 Å². The molecule has 0 aliphatic rings. The molecule has 0 spiro atoms. The summed E-state index contributed by atoms with van der Waals surface area (Å²) < 4.78 is 39.7. The Kier molecular flexibility index (Phi) is 3.68. The van der Waals surface area contributed by atoms with Gasteiger partial charge in [0, 0.05) is 11.6 Å². The summed E-state index contributed by atoms with van der Waals surface area (Å²) in [6.45, 7) is 0. The highest BCUT2D eigenvalue weighted by molar-refractivity contribution is 7.22. The molecule has 1 aromatic heterocycles. The van der Waals surface area contributed by atoms with Crippen molar-refractivity contribution < 1.29 is 18.0 Å². The Hall–Kier alpha value is -2.61. The average molecular weight is 323 g/mol. The Morgan fingerprint density at radius 3 is 2.50 bits per heavy atom. The van der Waals surface area contributed by atoms with Gasteiger partial charge < -0.3 is 0 Å². The molecular weight excluding hydrogens is 315 g/mol. The van der Waals surface area contributed by atoms with Crippen LogP contribution in [0.4, 0.5) is 18.3 Å². The van der Waals surface area contributed by atoms with Gasteiger partial charge in [-0.05, 0) is 30.3 Å². The highest BCUT2D eigenvalue weighted by Crippen LogP contribution is 2.28. The summed E-state index contributed by atoms with van der Waals surface area (Å²) in [7, 11) is 0. The number of rotatable bonds is 3. The minimum absolute atomic E-state index is 0.0185. The lowest BCUT2D eigenvalue weighted by Crippen LogP contribution is -2.29. The number of hydrogen-bond acceptors (Lipinski definition) is 4. The van der Waals surface area contributed by atoms with Gasteiger partial charge in [0.15, 0.2) is 5.82 Å². The van der Waals surface area contributed by atoms with Crippen LogP contribution < -0.4 is 10.9 Å². The topological polar surface area (TPSA) is 54.0 Å². The summed E-state index contributed by atoms with van der Waals surface area (Å²) in [6.07, 6.45) is 0. The molecule has 0 aliphatic heterocycles. The summed E-state index contributed by atoms with van der Waals surface area (Å²) in [5, 5.41) is 0.204. The van der Waals surface area contributed by atoms with E-state index in [4.69, 9.17) is 0 Å². The van der Waals surface area contributed by atoms with Gasteiger partial charge in [0.2, 0.25) is 5.13 Å². The fourth-order valence-corrected chi connectivity index (χ4v) is 2.65. The summed E-state index contributed by atoms with van der Waals surface area (Å²) >= 11 is 0.988. The zero-order valence-corrected chi connectivity index (χ0v) is 11.7. The monoisotopic (exact) mass is 323 g/mol. The maximum absolute atomic E-state index is 13.5. The number of hydrogen-bond donors (Lipinski definition) is 2. The highest BCUT2D eigenvalue weighted by Gasteiger charge is 2.11. The van der Waals surface area contributed by atoms with E-state index in [2.05, 4.69) is 15.8 Å². The number of carbonyl (C=O) groups excluding carboxylic acids is 1. The maximum atomic E-state index is 13.5. The Labute approximate surface area is 126 Å². The molecule has 0 fully saturated rings. The number of nitrogens with one attached hydrogen (secondary N) is 2. The fraction of sp³-hybridized carbons (Fsp3) is 0. The first-order chi connectivity index (χ1) is 10.5. The predicted octanol–water partition coefficient (Wildman–Crippen LogP) is 3.47. The number of amides is 1. The van der Waals surface area contributed by atoms with Crippen LogP contribution in [0.5, 0.6) is 0 Å². The molecule has 0 bridgehead atoms. The number of halogens is 3. The Balaban J connectivity index is 1.75. The first-order valence-electron chi connectivity index (χ1n) is 6.10. The Morgan fingerprint density at radius 1 is 1.05 bits per heavy atom.